The van der Waals surface area contributed by atoms with Crippen LogP contribution in [0.15, 0.2) is 42.6 Å². The first-order valence-corrected chi connectivity index (χ1v) is 11.4. The van der Waals surface area contributed by atoms with Crippen molar-refractivity contribution in [1.82, 2.24) is 14.7 Å². The van der Waals surface area contributed by atoms with Crippen LogP contribution in [0.1, 0.15) is 42.7 Å². The number of likely N-dealkylation sites (tertiary alicyclic amines) is 1. The SMILES string of the molecule is Cn1cc2cc(Oc3ccc(C(F)(F)F)cc3)cc([C@@H]3C[C@H]3C(=O)N3CCC34CC(O)C4)c2n1. The lowest BCUT2D eigenvalue weighted by Crippen LogP contribution is -2.69. The van der Waals surface area contributed by atoms with Crippen LogP contribution in [0, 0.1) is 5.92 Å². The molecule has 178 valence electrons. The van der Waals surface area contributed by atoms with Gasteiger partial charge in [-0.3, -0.25) is 9.48 Å². The van der Waals surface area contributed by atoms with E-state index in [-0.39, 0.29) is 29.4 Å². The van der Waals surface area contributed by atoms with Crippen LogP contribution in [0.3, 0.4) is 0 Å². The fraction of sp³-hybridized carbons (Fsp3) is 0.440. The number of halogens is 3. The molecule has 2 atom stereocenters. The van der Waals surface area contributed by atoms with Crippen LogP contribution in [0.2, 0.25) is 0 Å². The highest BCUT2D eigenvalue weighted by molar-refractivity contribution is 5.89. The minimum absolute atomic E-state index is 0.0173. The number of benzene rings is 2. The number of aryl methyl sites for hydroxylation is 1. The van der Waals surface area contributed by atoms with Crippen molar-refractivity contribution in [1.29, 1.82) is 0 Å². The van der Waals surface area contributed by atoms with Crippen molar-refractivity contribution in [2.45, 2.75) is 49.4 Å². The Balaban J connectivity index is 1.25. The Morgan fingerprint density at radius 1 is 1.18 bits per heavy atom. The van der Waals surface area contributed by atoms with E-state index in [2.05, 4.69) is 5.10 Å². The average molecular weight is 471 g/mol. The Labute approximate surface area is 193 Å². The van der Waals surface area contributed by atoms with E-state index in [1.165, 1.54) is 12.1 Å². The van der Waals surface area contributed by atoms with Crippen molar-refractivity contribution in [3.05, 3.63) is 53.7 Å². The number of aromatic nitrogens is 2. The van der Waals surface area contributed by atoms with Crippen LogP contribution in [-0.4, -0.2) is 43.9 Å². The van der Waals surface area contributed by atoms with Gasteiger partial charge in [-0.25, -0.2) is 0 Å². The first-order valence-electron chi connectivity index (χ1n) is 11.4. The van der Waals surface area contributed by atoms with Gasteiger partial charge in [0.1, 0.15) is 11.5 Å². The quantitative estimate of drug-likeness (QED) is 0.603. The molecule has 3 aromatic rings. The fourth-order valence-electron chi connectivity index (χ4n) is 5.58. The molecule has 1 aromatic heterocycles. The number of nitrogens with zero attached hydrogens (tertiary/aromatic N) is 3. The number of carbonyl (C=O) groups is 1. The summed E-state index contributed by atoms with van der Waals surface area (Å²) in [6.45, 7) is 0.741. The van der Waals surface area contributed by atoms with E-state index < -0.39 is 11.7 Å². The third kappa shape index (κ3) is 3.45. The zero-order valence-electron chi connectivity index (χ0n) is 18.5. The van der Waals surface area contributed by atoms with Crippen LogP contribution >= 0.6 is 0 Å². The summed E-state index contributed by atoms with van der Waals surface area (Å²) in [5, 5.41) is 15.2. The molecule has 3 fully saturated rings. The number of rotatable bonds is 4. The Bertz CT molecular complexity index is 1280. The highest BCUT2D eigenvalue weighted by Crippen LogP contribution is 2.55. The number of hydrogen-bond donors (Lipinski definition) is 1. The maximum absolute atomic E-state index is 13.2. The van der Waals surface area contributed by atoms with Gasteiger partial charge >= 0.3 is 6.18 Å². The van der Waals surface area contributed by atoms with Gasteiger partial charge in [0.25, 0.3) is 0 Å². The summed E-state index contributed by atoms with van der Waals surface area (Å²) in [5.74, 6) is 0.832. The molecule has 2 aromatic carbocycles. The second kappa shape index (κ2) is 7.21. The number of alkyl halides is 3. The van der Waals surface area contributed by atoms with Crippen LogP contribution < -0.4 is 4.74 Å². The summed E-state index contributed by atoms with van der Waals surface area (Å²) in [6.07, 6.45) is 0.155. The topological polar surface area (TPSA) is 67.6 Å². The highest BCUT2D eigenvalue weighted by atomic mass is 19.4. The smallest absolute Gasteiger partial charge is 0.416 e. The molecule has 34 heavy (non-hydrogen) atoms. The van der Waals surface area contributed by atoms with Gasteiger partial charge in [-0.2, -0.15) is 18.3 Å². The van der Waals surface area contributed by atoms with E-state index in [1.54, 1.807) is 4.68 Å². The summed E-state index contributed by atoms with van der Waals surface area (Å²) in [6, 6.07) is 8.25. The van der Waals surface area contributed by atoms with Crippen LogP contribution in [0.5, 0.6) is 11.5 Å². The van der Waals surface area contributed by atoms with Crippen LogP contribution in [-0.2, 0) is 18.0 Å². The summed E-state index contributed by atoms with van der Waals surface area (Å²) in [5.41, 5.74) is 0.851. The van der Waals surface area contributed by atoms with Gasteiger partial charge in [-0.1, -0.05) is 0 Å². The van der Waals surface area contributed by atoms with Crippen LogP contribution in [0.4, 0.5) is 13.2 Å². The number of fused-ring (bicyclic) bond motifs is 1. The molecule has 2 heterocycles. The van der Waals surface area contributed by atoms with E-state index in [0.29, 0.717) is 24.3 Å². The van der Waals surface area contributed by atoms with Gasteiger partial charge in [0.05, 0.1) is 17.2 Å². The normalized spacial score (nSPS) is 28.0. The maximum Gasteiger partial charge on any atom is 0.416 e. The molecule has 2 saturated carbocycles. The van der Waals surface area contributed by atoms with Gasteiger partial charge in [-0.15, -0.1) is 0 Å². The molecule has 9 heteroatoms. The molecule has 1 aliphatic heterocycles. The summed E-state index contributed by atoms with van der Waals surface area (Å²) in [7, 11) is 1.82. The molecule has 1 N–H and O–H groups in total. The lowest BCUT2D eigenvalue weighted by molar-refractivity contribution is -0.171. The number of aliphatic hydroxyl groups is 1. The van der Waals surface area contributed by atoms with E-state index >= 15 is 0 Å². The lowest BCUT2D eigenvalue weighted by atomic mass is 9.66. The molecule has 0 bridgehead atoms. The molecule has 6 nitrogen and oxygen atoms in total. The van der Waals surface area contributed by atoms with Crippen molar-refractivity contribution in [3.63, 3.8) is 0 Å². The Morgan fingerprint density at radius 3 is 2.53 bits per heavy atom. The van der Waals surface area contributed by atoms with Gasteiger partial charge in [-0.05, 0) is 73.6 Å². The Hall–Kier alpha value is -3.07. The standard InChI is InChI=1S/C25H24F3N3O3/c1-30-13-14-8-18(34-17-4-2-15(3-5-17)25(26,27)28)9-20(22(14)29-30)19-10-21(19)23(33)31-7-6-24(31)11-16(32)12-24/h2-5,8-9,13,16,19,21,32H,6-7,10-12H2,1H3/t16?,19-,21+,24?/m0/s1. The van der Waals surface area contributed by atoms with Crippen molar-refractivity contribution >= 4 is 16.8 Å². The predicted octanol–water partition coefficient (Wildman–Crippen LogP) is 4.61. The number of ether oxygens (including phenoxy) is 1. The summed E-state index contributed by atoms with van der Waals surface area (Å²) < 4.78 is 46.2. The molecule has 0 unspecified atom stereocenters. The number of hydrogen-bond acceptors (Lipinski definition) is 4. The van der Waals surface area contributed by atoms with Crippen molar-refractivity contribution in [3.8, 4) is 11.5 Å². The fourth-order valence-corrected chi connectivity index (χ4v) is 5.58. The second-order valence-electron chi connectivity index (χ2n) is 9.85. The Kier molecular flexibility index (Phi) is 4.55. The highest BCUT2D eigenvalue weighted by Gasteiger charge is 2.59. The number of aliphatic hydroxyl groups excluding tert-OH is 1. The third-order valence-corrected chi connectivity index (χ3v) is 7.52. The van der Waals surface area contributed by atoms with Gasteiger partial charge in [0.15, 0.2) is 0 Å². The first kappa shape index (κ1) is 21.5. The zero-order chi connectivity index (χ0) is 23.8. The monoisotopic (exact) mass is 471 g/mol. The lowest BCUT2D eigenvalue weighted by Gasteiger charge is -2.60. The molecule has 1 amide bonds. The number of amides is 1. The van der Waals surface area contributed by atoms with E-state index in [4.69, 9.17) is 4.74 Å². The molecule has 1 saturated heterocycles. The summed E-state index contributed by atoms with van der Waals surface area (Å²) >= 11 is 0. The van der Waals surface area contributed by atoms with E-state index in [1.807, 2.05) is 30.3 Å². The van der Waals surface area contributed by atoms with Crippen molar-refractivity contribution in [2.24, 2.45) is 13.0 Å². The molecular weight excluding hydrogens is 447 g/mol. The minimum Gasteiger partial charge on any atom is -0.457 e. The first-order chi connectivity index (χ1) is 16.1. The van der Waals surface area contributed by atoms with Gasteiger partial charge < -0.3 is 14.7 Å². The van der Waals surface area contributed by atoms with Crippen molar-refractivity contribution < 1.29 is 27.8 Å². The molecule has 1 spiro atoms. The molecule has 3 aliphatic rings. The molecular formula is C25H24F3N3O3. The number of carbonyl (C=O) groups excluding carboxylic acids is 1. The molecule has 0 radical (unpaired) electrons. The third-order valence-electron chi connectivity index (χ3n) is 7.52. The second-order valence-corrected chi connectivity index (χ2v) is 9.85. The maximum atomic E-state index is 13.2. The Morgan fingerprint density at radius 2 is 1.91 bits per heavy atom. The minimum atomic E-state index is -4.40. The largest absolute Gasteiger partial charge is 0.457 e. The van der Waals surface area contributed by atoms with E-state index in [0.717, 1.165) is 48.0 Å². The predicted molar refractivity (Wildman–Crippen MR) is 117 cm³/mol. The summed E-state index contributed by atoms with van der Waals surface area (Å²) in [4.78, 5) is 15.2. The van der Waals surface area contributed by atoms with E-state index in [9.17, 15) is 23.1 Å². The zero-order valence-corrected chi connectivity index (χ0v) is 18.5. The molecule has 2 aliphatic carbocycles. The van der Waals surface area contributed by atoms with Gasteiger partial charge in [0.2, 0.25) is 5.91 Å². The van der Waals surface area contributed by atoms with Crippen LogP contribution in [0.25, 0.3) is 10.9 Å². The van der Waals surface area contributed by atoms with Gasteiger partial charge in [0, 0.05) is 36.6 Å². The van der Waals surface area contributed by atoms with Crippen molar-refractivity contribution in [2.75, 3.05) is 6.54 Å². The molecule has 6 rings (SSSR count). The average Bonchev–Trinajstić information content (AvgIpc) is 3.44.